The van der Waals surface area contributed by atoms with Gasteiger partial charge in [-0.05, 0) is 44.0 Å². The number of nitrogens with one attached hydrogen (secondary N) is 1. The Balaban J connectivity index is 2.26. The normalized spacial score (nSPS) is 12.0. The molecule has 0 spiro atoms. The van der Waals surface area contributed by atoms with Gasteiger partial charge < -0.3 is 11.1 Å². The first-order chi connectivity index (χ1) is 10.0. The highest BCUT2D eigenvalue weighted by molar-refractivity contribution is 6.05. The summed E-state index contributed by atoms with van der Waals surface area (Å²) < 4.78 is 0. The van der Waals surface area contributed by atoms with Gasteiger partial charge in [-0.25, -0.2) is 0 Å². The van der Waals surface area contributed by atoms with Crippen LogP contribution in [0.25, 0.3) is 0 Å². The summed E-state index contributed by atoms with van der Waals surface area (Å²) in [6.07, 6.45) is 0.663. The third-order valence-electron chi connectivity index (χ3n) is 3.24. The van der Waals surface area contributed by atoms with Gasteiger partial charge in [0.05, 0.1) is 17.0 Å². The van der Waals surface area contributed by atoms with Gasteiger partial charge >= 0.3 is 0 Å². The van der Waals surface area contributed by atoms with E-state index in [-0.39, 0.29) is 11.9 Å². The molecule has 1 unspecified atom stereocenters. The summed E-state index contributed by atoms with van der Waals surface area (Å²) in [4.78, 5) is 12.4. The number of carbonyl (C=O) groups excluding carboxylic acids is 1. The average molecular weight is 284 g/mol. The van der Waals surface area contributed by atoms with Crippen LogP contribution in [0.3, 0.4) is 0 Å². The van der Waals surface area contributed by atoms with Gasteiger partial charge in [-0.3, -0.25) is 4.79 Å². The molecule has 1 aromatic heterocycles. The van der Waals surface area contributed by atoms with Crippen LogP contribution in [0.15, 0.2) is 30.3 Å². The third-order valence-corrected chi connectivity index (χ3v) is 3.24. The molecule has 2 aromatic rings. The number of anilines is 1. The molecular formula is C16H20N4O. The van der Waals surface area contributed by atoms with Crippen molar-refractivity contribution in [1.82, 2.24) is 10.2 Å². The second kappa shape index (κ2) is 6.45. The number of nitrogens with two attached hydrogens (primary N) is 1. The second-order valence-electron chi connectivity index (χ2n) is 5.07. The molecule has 0 radical (unpaired) electrons. The van der Waals surface area contributed by atoms with Crippen LogP contribution in [0, 0.1) is 6.92 Å². The van der Waals surface area contributed by atoms with E-state index in [4.69, 9.17) is 5.73 Å². The summed E-state index contributed by atoms with van der Waals surface area (Å²) >= 11 is 0. The maximum atomic E-state index is 12.4. The fourth-order valence-corrected chi connectivity index (χ4v) is 2.07. The number of carbonyl (C=O) groups is 1. The molecule has 1 atom stereocenters. The van der Waals surface area contributed by atoms with E-state index in [2.05, 4.69) is 15.5 Å². The summed E-state index contributed by atoms with van der Waals surface area (Å²) in [5, 5.41) is 11.0. The topological polar surface area (TPSA) is 80.9 Å². The number of hydrogen-bond donors (Lipinski definition) is 2. The summed E-state index contributed by atoms with van der Waals surface area (Å²) in [6, 6.07) is 9.24. The minimum atomic E-state index is -0.174. The molecular weight excluding hydrogens is 264 g/mol. The van der Waals surface area contributed by atoms with Crippen molar-refractivity contribution in [3.05, 3.63) is 52.8 Å². The largest absolute Gasteiger partial charge is 0.324 e. The predicted molar refractivity (Wildman–Crippen MR) is 83.1 cm³/mol. The van der Waals surface area contributed by atoms with Crippen LogP contribution < -0.4 is 11.1 Å². The Kier molecular flexibility index (Phi) is 4.65. The van der Waals surface area contributed by atoms with Crippen LogP contribution in [0.1, 0.15) is 47.2 Å². The molecule has 2 rings (SSSR count). The fourth-order valence-electron chi connectivity index (χ4n) is 2.07. The Hall–Kier alpha value is -2.27. The number of benzene rings is 1. The third kappa shape index (κ3) is 3.64. The first kappa shape index (κ1) is 15.1. The van der Waals surface area contributed by atoms with Crippen LogP contribution in [-0.2, 0) is 6.42 Å². The van der Waals surface area contributed by atoms with Crippen LogP contribution in [0.4, 0.5) is 5.69 Å². The second-order valence-corrected chi connectivity index (χ2v) is 5.07. The number of hydrogen-bond acceptors (Lipinski definition) is 4. The standard InChI is InChI=1S/C16H20N4O/c1-4-15-14(8-10(2)19-20-15)16(21)18-13-7-5-6-12(9-13)11(3)17/h5-9,11H,4,17H2,1-3H3,(H,18,21). The van der Waals surface area contributed by atoms with Gasteiger partial charge in [-0.1, -0.05) is 19.1 Å². The molecule has 0 fully saturated rings. The van der Waals surface area contributed by atoms with E-state index >= 15 is 0 Å². The van der Waals surface area contributed by atoms with Gasteiger partial charge in [0.2, 0.25) is 0 Å². The molecule has 0 aliphatic rings. The van der Waals surface area contributed by atoms with Gasteiger partial charge in [0.25, 0.3) is 5.91 Å². The van der Waals surface area contributed by atoms with Gasteiger partial charge in [-0.2, -0.15) is 10.2 Å². The molecule has 0 aliphatic carbocycles. The predicted octanol–water partition coefficient (Wildman–Crippen LogP) is 2.62. The molecule has 110 valence electrons. The lowest BCUT2D eigenvalue weighted by Gasteiger charge is -2.11. The van der Waals surface area contributed by atoms with Crippen molar-refractivity contribution in [2.75, 3.05) is 5.32 Å². The highest BCUT2D eigenvalue weighted by Crippen LogP contribution is 2.17. The zero-order chi connectivity index (χ0) is 15.4. The van der Waals surface area contributed by atoms with Crippen LogP contribution >= 0.6 is 0 Å². The van der Waals surface area contributed by atoms with Crippen molar-refractivity contribution in [2.45, 2.75) is 33.2 Å². The van der Waals surface area contributed by atoms with E-state index in [1.54, 1.807) is 6.07 Å². The first-order valence-electron chi connectivity index (χ1n) is 7.01. The van der Waals surface area contributed by atoms with Crippen molar-refractivity contribution >= 4 is 11.6 Å². The van der Waals surface area contributed by atoms with Crippen molar-refractivity contribution < 1.29 is 4.79 Å². The minimum absolute atomic E-state index is 0.0714. The van der Waals surface area contributed by atoms with Crippen LogP contribution in [0.5, 0.6) is 0 Å². The summed E-state index contributed by atoms with van der Waals surface area (Å²) in [7, 11) is 0. The van der Waals surface area contributed by atoms with E-state index in [1.807, 2.05) is 45.0 Å². The lowest BCUT2D eigenvalue weighted by atomic mass is 10.1. The number of amides is 1. The highest BCUT2D eigenvalue weighted by Gasteiger charge is 2.13. The fraction of sp³-hybridized carbons (Fsp3) is 0.312. The molecule has 0 aliphatic heterocycles. The molecule has 5 nitrogen and oxygen atoms in total. The van der Waals surface area contributed by atoms with E-state index in [0.717, 1.165) is 16.9 Å². The van der Waals surface area contributed by atoms with Crippen molar-refractivity contribution in [1.29, 1.82) is 0 Å². The maximum absolute atomic E-state index is 12.4. The number of aryl methyl sites for hydroxylation is 2. The molecule has 5 heteroatoms. The molecule has 1 heterocycles. The minimum Gasteiger partial charge on any atom is -0.324 e. The Morgan fingerprint density at radius 3 is 2.76 bits per heavy atom. The number of nitrogens with zero attached hydrogens (tertiary/aromatic N) is 2. The summed E-state index contributed by atoms with van der Waals surface area (Å²) in [6.45, 7) is 5.68. The van der Waals surface area contributed by atoms with E-state index < -0.39 is 0 Å². The Morgan fingerprint density at radius 2 is 2.10 bits per heavy atom. The smallest absolute Gasteiger partial charge is 0.257 e. The summed E-state index contributed by atoms with van der Waals surface area (Å²) in [5.74, 6) is -0.174. The zero-order valence-corrected chi connectivity index (χ0v) is 12.6. The Bertz CT molecular complexity index is 652. The van der Waals surface area contributed by atoms with E-state index in [0.29, 0.717) is 17.7 Å². The molecule has 0 bridgehead atoms. The first-order valence-corrected chi connectivity index (χ1v) is 7.01. The quantitative estimate of drug-likeness (QED) is 0.904. The molecule has 21 heavy (non-hydrogen) atoms. The Labute approximate surface area is 124 Å². The lowest BCUT2D eigenvalue weighted by Crippen LogP contribution is -2.16. The summed E-state index contributed by atoms with van der Waals surface area (Å²) in [5.41, 5.74) is 9.55. The Morgan fingerprint density at radius 1 is 1.33 bits per heavy atom. The SMILES string of the molecule is CCc1nnc(C)cc1C(=O)Nc1cccc(C(C)N)c1. The molecule has 0 saturated heterocycles. The zero-order valence-electron chi connectivity index (χ0n) is 12.6. The molecule has 1 aromatic carbocycles. The van der Waals surface area contributed by atoms with Crippen LogP contribution in [-0.4, -0.2) is 16.1 Å². The van der Waals surface area contributed by atoms with Crippen molar-refractivity contribution in [2.24, 2.45) is 5.73 Å². The number of aromatic nitrogens is 2. The van der Waals surface area contributed by atoms with Gasteiger partial charge in [0.1, 0.15) is 0 Å². The number of rotatable bonds is 4. The average Bonchev–Trinajstić information content (AvgIpc) is 2.47. The van der Waals surface area contributed by atoms with Gasteiger partial charge in [-0.15, -0.1) is 0 Å². The van der Waals surface area contributed by atoms with Gasteiger partial charge in [0.15, 0.2) is 0 Å². The van der Waals surface area contributed by atoms with Crippen molar-refractivity contribution in [3.63, 3.8) is 0 Å². The molecule has 1 amide bonds. The monoisotopic (exact) mass is 284 g/mol. The maximum Gasteiger partial charge on any atom is 0.257 e. The van der Waals surface area contributed by atoms with E-state index in [1.165, 1.54) is 0 Å². The lowest BCUT2D eigenvalue weighted by molar-refractivity contribution is 0.102. The van der Waals surface area contributed by atoms with Crippen LogP contribution in [0.2, 0.25) is 0 Å². The van der Waals surface area contributed by atoms with E-state index in [9.17, 15) is 4.79 Å². The highest BCUT2D eigenvalue weighted by atomic mass is 16.1. The molecule has 3 N–H and O–H groups in total. The molecule has 0 saturated carbocycles. The van der Waals surface area contributed by atoms with Gasteiger partial charge in [0, 0.05) is 11.7 Å². The van der Waals surface area contributed by atoms with Crippen molar-refractivity contribution in [3.8, 4) is 0 Å².